The number of hydrogen-bond acceptors (Lipinski definition) is 5. The van der Waals surface area contributed by atoms with Gasteiger partial charge in [-0.05, 0) is 25.0 Å². The minimum absolute atomic E-state index is 0.267. The van der Waals surface area contributed by atoms with E-state index in [9.17, 15) is 0 Å². The Hall–Kier alpha value is -1.88. The summed E-state index contributed by atoms with van der Waals surface area (Å²) >= 11 is 0. The van der Waals surface area contributed by atoms with E-state index >= 15 is 0 Å². The first-order chi connectivity index (χ1) is 9.28. The molecule has 2 N–H and O–H groups in total. The number of piperidine rings is 1. The number of benzene rings is 1. The van der Waals surface area contributed by atoms with Gasteiger partial charge in [0.1, 0.15) is 5.82 Å². The number of ether oxygens (including phenoxy) is 1. The highest BCUT2D eigenvalue weighted by Gasteiger charge is 2.22. The highest BCUT2D eigenvalue weighted by Crippen LogP contribution is 2.27. The van der Waals surface area contributed by atoms with Crippen molar-refractivity contribution in [2.75, 3.05) is 30.8 Å². The van der Waals surface area contributed by atoms with Gasteiger partial charge in [0.25, 0.3) is 0 Å². The molecule has 0 spiro atoms. The zero-order valence-corrected chi connectivity index (χ0v) is 11.0. The van der Waals surface area contributed by atoms with Gasteiger partial charge in [-0.15, -0.1) is 0 Å². The molecule has 0 bridgehead atoms. The summed E-state index contributed by atoms with van der Waals surface area (Å²) in [5, 5.41) is 1.05. The lowest BCUT2D eigenvalue weighted by Gasteiger charge is -2.33. The summed E-state index contributed by atoms with van der Waals surface area (Å²) < 4.78 is 5.47. The maximum absolute atomic E-state index is 5.82. The SMILES string of the molecule is COC1CCCN(c2nc(N)nc3ccccc23)C1. The van der Waals surface area contributed by atoms with Crippen LogP contribution in [0.25, 0.3) is 10.9 Å². The summed E-state index contributed by atoms with van der Waals surface area (Å²) in [6.07, 6.45) is 2.48. The van der Waals surface area contributed by atoms with E-state index in [2.05, 4.69) is 14.9 Å². The lowest BCUT2D eigenvalue weighted by Crippen LogP contribution is -2.39. The number of para-hydroxylation sites is 1. The van der Waals surface area contributed by atoms with Crippen LogP contribution in [0.3, 0.4) is 0 Å². The van der Waals surface area contributed by atoms with Crippen LogP contribution in [0.5, 0.6) is 0 Å². The second-order valence-electron chi connectivity index (χ2n) is 4.87. The average molecular weight is 258 g/mol. The summed E-state index contributed by atoms with van der Waals surface area (Å²) in [5.74, 6) is 1.25. The van der Waals surface area contributed by atoms with E-state index in [0.29, 0.717) is 5.95 Å². The molecule has 1 aliphatic heterocycles. The Morgan fingerprint density at radius 1 is 1.32 bits per heavy atom. The van der Waals surface area contributed by atoms with E-state index in [0.717, 1.165) is 42.7 Å². The van der Waals surface area contributed by atoms with Gasteiger partial charge in [-0.25, -0.2) is 4.98 Å². The fraction of sp³-hybridized carbons (Fsp3) is 0.429. The monoisotopic (exact) mass is 258 g/mol. The van der Waals surface area contributed by atoms with E-state index in [1.54, 1.807) is 7.11 Å². The van der Waals surface area contributed by atoms with Gasteiger partial charge in [-0.2, -0.15) is 4.98 Å². The molecule has 19 heavy (non-hydrogen) atoms. The summed E-state index contributed by atoms with van der Waals surface area (Å²) in [7, 11) is 1.76. The normalized spacial score (nSPS) is 19.8. The molecule has 1 aliphatic rings. The molecule has 100 valence electrons. The molecule has 5 nitrogen and oxygen atoms in total. The third-order valence-electron chi connectivity index (χ3n) is 3.61. The van der Waals surface area contributed by atoms with Gasteiger partial charge >= 0.3 is 0 Å². The van der Waals surface area contributed by atoms with Crippen LogP contribution in [-0.2, 0) is 4.74 Å². The van der Waals surface area contributed by atoms with Crippen LogP contribution in [0.15, 0.2) is 24.3 Å². The van der Waals surface area contributed by atoms with Crippen LogP contribution in [0.1, 0.15) is 12.8 Å². The molecule has 0 aliphatic carbocycles. The molecule has 2 aromatic rings. The van der Waals surface area contributed by atoms with Crippen LogP contribution in [0, 0.1) is 0 Å². The minimum atomic E-state index is 0.267. The molecule has 0 radical (unpaired) electrons. The van der Waals surface area contributed by atoms with Gasteiger partial charge in [-0.3, -0.25) is 0 Å². The number of fused-ring (bicyclic) bond motifs is 1. The fourth-order valence-electron chi connectivity index (χ4n) is 2.64. The predicted octanol–water partition coefficient (Wildman–Crippen LogP) is 1.83. The number of nitrogen functional groups attached to an aromatic ring is 1. The largest absolute Gasteiger partial charge is 0.380 e. The molecular weight excluding hydrogens is 240 g/mol. The number of hydrogen-bond donors (Lipinski definition) is 1. The average Bonchev–Trinajstić information content (AvgIpc) is 2.46. The molecule has 1 unspecified atom stereocenters. The number of nitrogens with zero attached hydrogens (tertiary/aromatic N) is 3. The molecule has 1 fully saturated rings. The van der Waals surface area contributed by atoms with Crippen molar-refractivity contribution in [3.8, 4) is 0 Å². The molecule has 0 saturated carbocycles. The summed E-state index contributed by atoms with van der Waals surface area (Å²) in [4.78, 5) is 11.0. The van der Waals surface area contributed by atoms with Gasteiger partial charge in [0.2, 0.25) is 5.95 Å². The highest BCUT2D eigenvalue weighted by molar-refractivity contribution is 5.90. The van der Waals surface area contributed by atoms with E-state index < -0.39 is 0 Å². The first-order valence-corrected chi connectivity index (χ1v) is 6.58. The zero-order valence-electron chi connectivity index (χ0n) is 11.0. The van der Waals surface area contributed by atoms with Crippen molar-refractivity contribution in [3.63, 3.8) is 0 Å². The number of aromatic nitrogens is 2. The topological polar surface area (TPSA) is 64.3 Å². The second-order valence-corrected chi connectivity index (χ2v) is 4.87. The predicted molar refractivity (Wildman–Crippen MR) is 76.2 cm³/mol. The molecule has 5 heteroatoms. The van der Waals surface area contributed by atoms with Crippen molar-refractivity contribution in [1.29, 1.82) is 0 Å². The molecule has 1 saturated heterocycles. The number of rotatable bonds is 2. The Bertz CT molecular complexity index is 587. The van der Waals surface area contributed by atoms with Crippen LogP contribution in [0.2, 0.25) is 0 Å². The standard InChI is InChI=1S/C14H18N4O/c1-19-10-5-4-8-18(9-10)13-11-6-2-3-7-12(11)16-14(15)17-13/h2-3,6-7,10H,4-5,8-9H2,1H3,(H2,15,16,17). The van der Waals surface area contributed by atoms with Crippen molar-refractivity contribution < 1.29 is 4.74 Å². The Kier molecular flexibility index (Phi) is 3.21. The first kappa shape index (κ1) is 12.2. The Morgan fingerprint density at radius 2 is 2.16 bits per heavy atom. The quantitative estimate of drug-likeness (QED) is 0.890. The van der Waals surface area contributed by atoms with Gasteiger partial charge < -0.3 is 15.4 Å². The van der Waals surface area contributed by atoms with Crippen LogP contribution in [-0.4, -0.2) is 36.3 Å². The van der Waals surface area contributed by atoms with Crippen LogP contribution < -0.4 is 10.6 Å². The molecule has 1 aromatic carbocycles. The molecule has 2 heterocycles. The van der Waals surface area contributed by atoms with Gasteiger partial charge in [0, 0.05) is 25.6 Å². The summed E-state index contributed by atoms with van der Waals surface area (Å²) in [6, 6.07) is 7.98. The van der Waals surface area contributed by atoms with Crippen LogP contribution in [0.4, 0.5) is 11.8 Å². The molecule has 1 aromatic heterocycles. The Labute approximate surface area is 112 Å². The fourth-order valence-corrected chi connectivity index (χ4v) is 2.64. The molecular formula is C14H18N4O. The van der Waals surface area contributed by atoms with Gasteiger partial charge in [-0.1, -0.05) is 12.1 Å². The molecule has 3 rings (SSSR count). The van der Waals surface area contributed by atoms with Crippen molar-refractivity contribution in [3.05, 3.63) is 24.3 Å². The lowest BCUT2D eigenvalue weighted by molar-refractivity contribution is 0.0892. The number of anilines is 2. The van der Waals surface area contributed by atoms with Crippen molar-refractivity contribution >= 4 is 22.7 Å². The lowest BCUT2D eigenvalue weighted by atomic mass is 10.1. The molecule has 0 amide bonds. The maximum Gasteiger partial charge on any atom is 0.222 e. The number of nitrogens with two attached hydrogens (primary N) is 1. The minimum Gasteiger partial charge on any atom is -0.380 e. The van der Waals surface area contributed by atoms with Gasteiger partial charge in [0.05, 0.1) is 11.6 Å². The zero-order chi connectivity index (χ0) is 13.2. The third-order valence-corrected chi connectivity index (χ3v) is 3.61. The third kappa shape index (κ3) is 2.33. The van der Waals surface area contributed by atoms with E-state index in [1.165, 1.54) is 0 Å². The van der Waals surface area contributed by atoms with Crippen molar-refractivity contribution in [2.24, 2.45) is 0 Å². The summed E-state index contributed by atoms with van der Waals surface area (Å²) in [6.45, 7) is 1.84. The first-order valence-electron chi connectivity index (χ1n) is 6.58. The van der Waals surface area contributed by atoms with Gasteiger partial charge in [0.15, 0.2) is 0 Å². The van der Waals surface area contributed by atoms with Crippen LogP contribution >= 0.6 is 0 Å². The molecule has 1 atom stereocenters. The Balaban J connectivity index is 2.03. The van der Waals surface area contributed by atoms with Crippen molar-refractivity contribution in [1.82, 2.24) is 9.97 Å². The van der Waals surface area contributed by atoms with E-state index in [1.807, 2.05) is 24.3 Å². The number of methoxy groups -OCH3 is 1. The van der Waals surface area contributed by atoms with E-state index in [-0.39, 0.29) is 6.10 Å². The van der Waals surface area contributed by atoms with E-state index in [4.69, 9.17) is 10.5 Å². The summed E-state index contributed by atoms with van der Waals surface area (Å²) in [5.41, 5.74) is 6.71. The maximum atomic E-state index is 5.82. The highest BCUT2D eigenvalue weighted by atomic mass is 16.5. The Morgan fingerprint density at radius 3 is 3.00 bits per heavy atom. The smallest absolute Gasteiger partial charge is 0.222 e. The van der Waals surface area contributed by atoms with Crippen molar-refractivity contribution in [2.45, 2.75) is 18.9 Å². The second kappa shape index (κ2) is 5.01.